The van der Waals surface area contributed by atoms with E-state index in [9.17, 15) is 18.9 Å². The van der Waals surface area contributed by atoms with Gasteiger partial charge in [-0.1, -0.05) is 6.08 Å². The van der Waals surface area contributed by atoms with Crippen molar-refractivity contribution >= 4 is 11.3 Å². The molecule has 0 N–H and O–H groups in total. The topological polar surface area (TPSA) is 83.1 Å². The molecule has 1 unspecified atom stereocenters. The minimum Gasteiger partial charge on any atom is -0.357 e. The molecule has 9 heteroatoms. The lowest BCUT2D eigenvalue weighted by Gasteiger charge is -2.22. The summed E-state index contributed by atoms with van der Waals surface area (Å²) in [6, 6.07) is 3.24. The van der Waals surface area contributed by atoms with E-state index in [1.807, 2.05) is 0 Å². The van der Waals surface area contributed by atoms with Crippen molar-refractivity contribution in [3.8, 4) is 11.3 Å². The number of aromatic nitrogens is 3. The summed E-state index contributed by atoms with van der Waals surface area (Å²) < 4.78 is 34.3. The summed E-state index contributed by atoms with van der Waals surface area (Å²) in [7, 11) is 0. The fourth-order valence-corrected chi connectivity index (χ4v) is 3.66. The molecule has 0 spiro atoms. The van der Waals surface area contributed by atoms with Crippen molar-refractivity contribution in [1.29, 1.82) is 0 Å². The molecule has 3 heterocycles. The van der Waals surface area contributed by atoms with Gasteiger partial charge in [0.1, 0.15) is 11.9 Å². The Morgan fingerprint density at radius 3 is 2.86 bits per heavy atom. The van der Waals surface area contributed by atoms with Gasteiger partial charge in [-0.15, -0.1) is 0 Å². The van der Waals surface area contributed by atoms with E-state index >= 15 is 0 Å². The molecule has 7 nitrogen and oxygen atoms in total. The zero-order chi connectivity index (χ0) is 19.7. The third-order valence-corrected chi connectivity index (χ3v) is 5.15. The normalized spacial score (nSPS) is 21.9. The van der Waals surface area contributed by atoms with Gasteiger partial charge >= 0.3 is 5.69 Å². The van der Waals surface area contributed by atoms with Gasteiger partial charge in [0.25, 0.3) is 5.92 Å². The van der Waals surface area contributed by atoms with E-state index in [-0.39, 0.29) is 30.5 Å². The molecule has 1 fully saturated rings. The SMILES string of the molecule is O=[N+]([O-])c1c(-c2ccn(C3CCCCO3)n2)ccnc1C1=CCC(F)(F)CC1. The average Bonchev–Trinajstić information content (AvgIpc) is 3.18. The molecule has 2 aromatic heterocycles. The number of halogens is 2. The quantitative estimate of drug-likeness (QED) is 0.555. The molecule has 148 valence electrons. The smallest absolute Gasteiger partial charge is 0.304 e. The summed E-state index contributed by atoms with van der Waals surface area (Å²) in [4.78, 5) is 15.5. The first-order chi connectivity index (χ1) is 13.4. The second-order valence-corrected chi connectivity index (χ2v) is 7.10. The number of hydrogen-bond acceptors (Lipinski definition) is 5. The molecular weight excluding hydrogens is 370 g/mol. The predicted molar refractivity (Wildman–Crippen MR) is 97.7 cm³/mol. The lowest BCUT2D eigenvalue weighted by atomic mass is 9.92. The lowest BCUT2D eigenvalue weighted by Crippen LogP contribution is -2.19. The molecule has 4 rings (SSSR count). The van der Waals surface area contributed by atoms with E-state index in [0.29, 0.717) is 23.4 Å². The number of allylic oxidation sites excluding steroid dienone is 2. The largest absolute Gasteiger partial charge is 0.357 e. The van der Waals surface area contributed by atoms with Crippen molar-refractivity contribution in [3.05, 3.63) is 46.4 Å². The van der Waals surface area contributed by atoms with Crippen molar-refractivity contribution < 1.29 is 18.4 Å². The van der Waals surface area contributed by atoms with Crippen LogP contribution in [-0.4, -0.2) is 32.2 Å². The summed E-state index contributed by atoms with van der Waals surface area (Å²) in [5.74, 6) is -2.77. The monoisotopic (exact) mass is 390 g/mol. The van der Waals surface area contributed by atoms with Crippen LogP contribution in [0.2, 0.25) is 0 Å². The molecule has 2 aromatic rings. The van der Waals surface area contributed by atoms with Crippen LogP contribution in [0, 0.1) is 10.1 Å². The zero-order valence-corrected chi connectivity index (χ0v) is 15.2. The third kappa shape index (κ3) is 3.66. The van der Waals surface area contributed by atoms with E-state index < -0.39 is 17.3 Å². The van der Waals surface area contributed by atoms with E-state index in [4.69, 9.17) is 4.74 Å². The molecule has 1 aliphatic heterocycles. The van der Waals surface area contributed by atoms with Gasteiger partial charge in [0.15, 0.2) is 0 Å². The first-order valence-corrected chi connectivity index (χ1v) is 9.32. The highest BCUT2D eigenvalue weighted by Gasteiger charge is 2.34. The van der Waals surface area contributed by atoms with Crippen LogP contribution in [-0.2, 0) is 4.74 Å². The fourth-order valence-electron chi connectivity index (χ4n) is 3.66. The van der Waals surface area contributed by atoms with Crippen LogP contribution in [0.25, 0.3) is 16.8 Å². The van der Waals surface area contributed by atoms with Gasteiger partial charge < -0.3 is 4.74 Å². The number of rotatable bonds is 4. The predicted octanol–water partition coefficient (Wildman–Crippen LogP) is 4.76. The molecule has 0 amide bonds. The van der Waals surface area contributed by atoms with E-state index in [0.717, 1.165) is 19.3 Å². The summed E-state index contributed by atoms with van der Waals surface area (Å²) in [5.41, 5.74) is 1.18. The fraction of sp³-hybridized carbons (Fsp3) is 0.474. The lowest BCUT2D eigenvalue weighted by molar-refractivity contribution is -0.384. The Morgan fingerprint density at radius 2 is 2.18 bits per heavy atom. The van der Waals surface area contributed by atoms with Crippen molar-refractivity contribution in [2.24, 2.45) is 0 Å². The first-order valence-electron chi connectivity index (χ1n) is 9.32. The van der Waals surface area contributed by atoms with Gasteiger partial charge in [-0.2, -0.15) is 5.10 Å². The second-order valence-electron chi connectivity index (χ2n) is 7.10. The highest BCUT2D eigenvalue weighted by atomic mass is 19.3. The summed E-state index contributed by atoms with van der Waals surface area (Å²) in [6.07, 6.45) is 6.56. The summed E-state index contributed by atoms with van der Waals surface area (Å²) in [5, 5.41) is 16.3. The average molecular weight is 390 g/mol. The minimum absolute atomic E-state index is 0.0502. The molecule has 1 aliphatic carbocycles. The van der Waals surface area contributed by atoms with Gasteiger partial charge in [-0.25, -0.2) is 18.4 Å². The van der Waals surface area contributed by atoms with Gasteiger partial charge in [0, 0.05) is 31.8 Å². The molecule has 28 heavy (non-hydrogen) atoms. The van der Waals surface area contributed by atoms with Crippen molar-refractivity contribution in [1.82, 2.24) is 14.8 Å². The Labute approximate surface area is 160 Å². The molecular formula is C19H20F2N4O3. The molecule has 0 aromatic carbocycles. The molecule has 0 radical (unpaired) electrons. The maximum Gasteiger partial charge on any atom is 0.304 e. The number of ether oxygens (including phenoxy) is 1. The number of nitro groups is 1. The molecule has 0 saturated carbocycles. The van der Waals surface area contributed by atoms with Crippen LogP contribution in [0.15, 0.2) is 30.6 Å². The van der Waals surface area contributed by atoms with Crippen LogP contribution in [0.1, 0.15) is 50.4 Å². The number of pyridine rings is 1. The Bertz CT molecular complexity index is 920. The van der Waals surface area contributed by atoms with Crippen LogP contribution in [0.3, 0.4) is 0 Å². The van der Waals surface area contributed by atoms with Gasteiger partial charge in [0.2, 0.25) is 0 Å². The van der Waals surface area contributed by atoms with Crippen molar-refractivity contribution in [2.75, 3.05) is 6.61 Å². The first kappa shape index (κ1) is 18.7. The maximum atomic E-state index is 13.5. The Hall–Kier alpha value is -2.68. The van der Waals surface area contributed by atoms with Crippen LogP contribution < -0.4 is 0 Å². The summed E-state index contributed by atoms with van der Waals surface area (Å²) in [6.45, 7) is 0.665. The van der Waals surface area contributed by atoms with Crippen molar-refractivity contribution in [3.63, 3.8) is 0 Å². The number of nitrogens with zero attached hydrogens (tertiary/aromatic N) is 4. The molecule has 2 aliphatic rings. The van der Waals surface area contributed by atoms with E-state index in [1.54, 1.807) is 16.9 Å². The van der Waals surface area contributed by atoms with Crippen LogP contribution in [0.4, 0.5) is 14.5 Å². The highest BCUT2D eigenvalue weighted by molar-refractivity contribution is 5.80. The zero-order valence-electron chi connectivity index (χ0n) is 15.2. The standard InChI is InChI=1S/C19H20F2N4O3/c20-19(21)8-4-13(5-9-19)17-18(25(26)27)14(6-10-22-17)15-7-11-24(23-15)16-3-1-2-12-28-16/h4,6-7,10-11,16H,1-3,5,8-9,12H2. The molecule has 1 atom stereocenters. The van der Waals surface area contributed by atoms with Crippen LogP contribution >= 0.6 is 0 Å². The Balaban J connectivity index is 1.71. The minimum atomic E-state index is -2.77. The van der Waals surface area contributed by atoms with Gasteiger partial charge in [-0.05, 0) is 43.4 Å². The van der Waals surface area contributed by atoms with E-state index in [1.165, 1.54) is 18.3 Å². The second kappa shape index (κ2) is 7.38. The molecule has 1 saturated heterocycles. The Morgan fingerprint density at radius 1 is 1.32 bits per heavy atom. The summed E-state index contributed by atoms with van der Waals surface area (Å²) >= 11 is 0. The van der Waals surface area contributed by atoms with Crippen LogP contribution in [0.5, 0.6) is 0 Å². The highest BCUT2D eigenvalue weighted by Crippen LogP contribution is 2.41. The van der Waals surface area contributed by atoms with Gasteiger partial charge in [-0.3, -0.25) is 10.1 Å². The third-order valence-electron chi connectivity index (χ3n) is 5.15. The van der Waals surface area contributed by atoms with Crippen molar-refractivity contribution in [2.45, 2.75) is 50.7 Å². The number of hydrogen-bond donors (Lipinski definition) is 0. The maximum absolute atomic E-state index is 13.5. The Kier molecular flexibility index (Phi) is 4.92. The van der Waals surface area contributed by atoms with Gasteiger partial charge in [0.05, 0.1) is 16.2 Å². The number of alkyl halides is 2. The molecule has 0 bridgehead atoms. The van der Waals surface area contributed by atoms with E-state index in [2.05, 4.69) is 10.1 Å².